The van der Waals surface area contributed by atoms with Crippen molar-refractivity contribution in [2.45, 2.75) is 39.2 Å². The normalized spacial score (nSPS) is 15.9. The molecule has 0 unspecified atom stereocenters. The van der Waals surface area contributed by atoms with Gasteiger partial charge in [0, 0.05) is 30.7 Å². The second-order valence-corrected chi connectivity index (χ2v) is 8.74. The highest BCUT2D eigenvalue weighted by molar-refractivity contribution is 7.16. The number of hydrogen-bond donors (Lipinski definition) is 2. The first-order chi connectivity index (χ1) is 12.3. The highest BCUT2D eigenvalue weighted by Gasteiger charge is 2.25. The van der Waals surface area contributed by atoms with Gasteiger partial charge in [-0.1, -0.05) is 0 Å². The summed E-state index contributed by atoms with van der Waals surface area (Å²) < 4.78 is 1.02. The Kier molecular flexibility index (Phi) is 5.46. The van der Waals surface area contributed by atoms with Gasteiger partial charge in [-0.2, -0.15) is 0 Å². The van der Waals surface area contributed by atoms with Gasteiger partial charge in [-0.05, 0) is 57.7 Å². The fourth-order valence-corrected chi connectivity index (χ4v) is 3.79. The van der Waals surface area contributed by atoms with E-state index in [1.165, 1.54) is 11.3 Å². The van der Waals surface area contributed by atoms with Gasteiger partial charge in [0.2, 0.25) is 0 Å². The summed E-state index contributed by atoms with van der Waals surface area (Å²) in [5.41, 5.74) is 3.16. The van der Waals surface area contributed by atoms with E-state index < -0.39 is 0 Å². The number of thiazole rings is 1. The molecule has 0 aliphatic carbocycles. The topological polar surface area (TPSA) is 74.3 Å². The van der Waals surface area contributed by atoms with E-state index in [-0.39, 0.29) is 17.5 Å². The SMILES string of the molecule is CC(C)(C)NC(=O)N1CCC(CNC(=O)c2ccc3ncsc3c2)CC1. The molecular formula is C19H26N4O2S. The van der Waals surface area contributed by atoms with E-state index >= 15 is 0 Å². The zero-order valence-corrected chi connectivity index (χ0v) is 16.4. The van der Waals surface area contributed by atoms with Gasteiger partial charge >= 0.3 is 6.03 Å². The van der Waals surface area contributed by atoms with E-state index in [1.54, 1.807) is 5.51 Å². The molecule has 1 aromatic carbocycles. The molecule has 0 radical (unpaired) electrons. The number of amides is 3. The zero-order valence-electron chi connectivity index (χ0n) is 15.5. The summed E-state index contributed by atoms with van der Waals surface area (Å²) >= 11 is 1.54. The Morgan fingerprint density at radius 3 is 2.69 bits per heavy atom. The molecule has 7 heteroatoms. The van der Waals surface area contributed by atoms with E-state index in [2.05, 4.69) is 15.6 Å². The van der Waals surface area contributed by atoms with Gasteiger partial charge in [-0.3, -0.25) is 4.79 Å². The second kappa shape index (κ2) is 7.61. The summed E-state index contributed by atoms with van der Waals surface area (Å²) in [6, 6.07) is 5.59. The van der Waals surface area contributed by atoms with Crippen LogP contribution >= 0.6 is 11.3 Å². The van der Waals surface area contributed by atoms with Gasteiger partial charge < -0.3 is 15.5 Å². The number of piperidine rings is 1. The van der Waals surface area contributed by atoms with Gasteiger partial charge in [0.25, 0.3) is 5.91 Å². The maximum atomic E-state index is 12.4. The molecule has 3 rings (SSSR count). The monoisotopic (exact) mass is 374 g/mol. The summed E-state index contributed by atoms with van der Waals surface area (Å²) in [6.07, 6.45) is 1.82. The Bertz CT molecular complexity index is 788. The number of likely N-dealkylation sites (tertiary alicyclic amines) is 1. The average Bonchev–Trinajstić information content (AvgIpc) is 3.06. The lowest BCUT2D eigenvalue weighted by atomic mass is 9.96. The van der Waals surface area contributed by atoms with Crippen molar-refractivity contribution in [2.24, 2.45) is 5.92 Å². The molecule has 2 N–H and O–H groups in total. The average molecular weight is 375 g/mol. The number of rotatable bonds is 3. The predicted octanol–water partition coefficient (Wildman–Crippen LogP) is 3.25. The first kappa shape index (κ1) is 18.6. The minimum absolute atomic E-state index is 0.00199. The number of nitrogens with zero attached hydrogens (tertiary/aromatic N) is 2. The number of aromatic nitrogens is 1. The zero-order chi connectivity index (χ0) is 18.7. The minimum atomic E-state index is -0.221. The molecule has 1 aliphatic heterocycles. The van der Waals surface area contributed by atoms with E-state index in [0.29, 0.717) is 18.0 Å². The number of carbonyl (C=O) groups is 2. The summed E-state index contributed by atoms with van der Waals surface area (Å²) in [5, 5.41) is 6.03. The molecule has 6 nitrogen and oxygen atoms in total. The van der Waals surface area contributed by atoms with Crippen LogP contribution < -0.4 is 10.6 Å². The van der Waals surface area contributed by atoms with Gasteiger partial charge in [-0.25, -0.2) is 9.78 Å². The maximum Gasteiger partial charge on any atom is 0.317 e. The van der Waals surface area contributed by atoms with Gasteiger partial charge in [-0.15, -0.1) is 11.3 Å². The van der Waals surface area contributed by atoms with Crippen LogP contribution in [0.1, 0.15) is 44.0 Å². The third-order valence-electron chi connectivity index (χ3n) is 4.53. The van der Waals surface area contributed by atoms with Crippen LogP contribution in [0.15, 0.2) is 23.7 Å². The van der Waals surface area contributed by atoms with Crippen LogP contribution in [0.25, 0.3) is 10.2 Å². The molecule has 1 aliphatic rings. The maximum absolute atomic E-state index is 12.4. The van der Waals surface area contributed by atoms with Crippen LogP contribution in [0.4, 0.5) is 4.79 Å². The van der Waals surface area contributed by atoms with E-state index in [1.807, 2.05) is 43.9 Å². The first-order valence-corrected chi connectivity index (χ1v) is 9.88. The fraction of sp³-hybridized carbons (Fsp3) is 0.526. The molecule has 3 amide bonds. The lowest BCUT2D eigenvalue weighted by Gasteiger charge is -2.34. The number of fused-ring (bicyclic) bond motifs is 1. The van der Waals surface area contributed by atoms with Crippen molar-refractivity contribution in [3.05, 3.63) is 29.3 Å². The Morgan fingerprint density at radius 2 is 2.00 bits per heavy atom. The third kappa shape index (κ3) is 4.72. The summed E-state index contributed by atoms with van der Waals surface area (Å²) in [4.78, 5) is 30.7. The minimum Gasteiger partial charge on any atom is -0.352 e. The lowest BCUT2D eigenvalue weighted by Crippen LogP contribution is -2.51. The van der Waals surface area contributed by atoms with E-state index in [9.17, 15) is 9.59 Å². The highest BCUT2D eigenvalue weighted by Crippen LogP contribution is 2.20. The van der Waals surface area contributed by atoms with Crippen molar-refractivity contribution in [3.63, 3.8) is 0 Å². The summed E-state index contributed by atoms with van der Waals surface area (Å²) in [6.45, 7) is 8.06. The number of nitrogens with one attached hydrogen (secondary N) is 2. The molecule has 0 spiro atoms. The summed E-state index contributed by atoms with van der Waals surface area (Å²) in [5.74, 6) is 0.359. The van der Waals surface area contributed by atoms with Crippen LogP contribution in [-0.2, 0) is 0 Å². The Labute approximate surface area is 158 Å². The molecule has 140 valence electrons. The number of urea groups is 1. The number of hydrogen-bond acceptors (Lipinski definition) is 4. The molecule has 1 aromatic heterocycles. The number of benzene rings is 1. The molecule has 0 saturated carbocycles. The van der Waals surface area contributed by atoms with Gasteiger partial charge in [0.1, 0.15) is 0 Å². The van der Waals surface area contributed by atoms with Crippen LogP contribution in [-0.4, -0.2) is 47.0 Å². The van der Waals surface area contributed by atoms with Crippen LogP contribution in [0.2, 0.25) is 0 Å². The van der Waals surface area contributed by atoms with Gasteiger partial charge in [0.15, 0.2) is 0 Å². The largest absolute Gasteiger partial charge is 0.352 e. The van der Waals surface area contributed by atoms with Crippen molar-refractivity contribution < 1.29 is 9.59 Å². The quantitative estimate of drug-likeness (QED) is 0.866. The van der Waals surface area contributed by atoms with Crippen LogP contribution in [0, 0.1) is 5.92 Å². The smallest absolute Gasteiger partial charge is 0.317 e. The van der Waals surface area contributed by atoms with Crippen molar-refractivity contribution in [1.29, 1.82) is 0 Å². The molecule has 26 heavy (non-hydrogen) atoms. The van der Waals surface area contributed by atoms with E-state index in [0.717, 1.165) is 36.1 Å². The fourth-order valence-electron chi connectivity index (χ4n) is 3.08. The Morgan fingerprint density at radius 1 is 1.27 bits per heavy atom. The van der Waals surface area contributed by atoms with Crippen molar-refractivity contribution >= 4 is 33.5 Å². The van der Waals surface area contributed by atoms with Crippen molar-refractivity contribution in [2.75, 3.05) is 19.6 Å². The van der Waals surface area contributed by atoms with E-state index in [4.69, 9.17) is 0 Å². The molecule has 0 atom stereocenters. The molecular weight excluding hydrogens is 348 g/mol. The van der Waals surface area contributed by atoms with Crippen molar-refractivity contribution in [3.8, 4) is 0 Å². The summed E-state index contributed by atoms with van der Waals surface area (Å²) in [7, 11) is 0. The third-order valence-corrected chi connectivity index (χ3v) is 5.32. The Hall–Kier alpha value is -2.15. The highest BCUT2D eigenvalue weighted by atomic mass is 32.1. The molecule has 2 heterocycles. The molecule has 0 bridgehead atoms. The predicted molar refractivity (Wildman–Crippen MR) is 105 cm³/mol. The van der Waals surface area contributed by atoms with Crippen molar-refractivity contribution in [1.82, 2.24) is 20.5 Å². The number of carbonyl (C=O) groups excluding carboxylic acids is 2. The van der Waals surface area contributed by atoms with Crippen LogP contribution in [0.3, 0.4) is 0 Å². The first-order valence-electron chi connectivity index (χ1n) is 9.00. The Balaban J connectivity index is 1.46. The second-order valence-electron chi connectivity index (χ2n) is 7.86. The standard InChI is InChI=1S/C19H26N4O2S/c1-19(2,3)22-18(25)23-8-6-13(7-9-23)11-20-17(24)14-4-5-15-16(10-14)26-12-21-15/h4-5,10,12-13H,6-9,11H2,1-3H3,(H,20,24)(H,22,25). The lowest BCUT2D eigenvalue weighted by molar-refractivity contribution is 0.0937. The molecule has 1 saturated heterocycles. The molecule has 2 aromatic rings. The van der Waals surface area contributed by atoms with Crippen LogP contribution in [0.5, 0.6) is 0 Å². The molecule has 1 fully saturated rings. The van der Waals surface area contributed by atoms with Gasteiger partial charge in [0.05, 0.1) is 15.7 Å².